The van der Waals surface area contributed by atoms with Crippen molar-refractivity contribution in [1.82, 2.24) is 13.9 Å². The second-order valence-corrected chi connectivity index (χ2v) is 6.71. The summed E-state index contributed by atoms with van der Waals surface area (Å²) in [7, 11) is -2.25. The smallest absolute Gasteiger partial charge is 0.264 e. The van der Waals surface area contributed by atoms with Crippen molar-refractivity contribution in [2.24, 2.45) is 7.05 Å². The number of nitrogens with zero attached hydrogens (tertiary/aromatic N) is 3. The lowest BCUT2D eigenvalue weighted by molar-refractivity contribution is 0.251. The van der Waals surface area contributed by atoms with Gasteiger partial charge >= 0.3 is 0 Å². The summed E-state index contributed by atoms with van der Waals surface area (Å²) >= 11 is 5.97. The molecule has 2 rings (SSSR count). The van der Waals surface area contributed by atoms with Crippen LogP contribution in [0.3, 0.4) is 0 Å². The first-order chi connectivity index (χ1) is 9.96. The number of halogens is 1. The van der Waals surface area contributed by atoms with Crippen molar-refractivity contribution in [3.05, 3.63) is 47.4 Å². The molecule has 0 atom stereocenters. The number of imidazole rings is 1. The molecule has 114 valence electrons. The summed E-state index contributed by atoms with van der Waals surface area (Å²) in [5.74, 6) is 0. The first-order valence-electron chi connectivity index (χ1n) is 6.28. The van der Waals surface area contributed by atoms with E-state index in [0.717, 1.165) is 9.87 Å². The van der Waals surface area contributed by atoms with Crippen molar-refractivity contribution in [1.29, 1.82) is 0 Å². The number of benzene rings is 1. The summed E-state index contributed by atoms with van der Waals surface area (Å²) in [5.41, 5.74) is 0.821. The molecule has 0 aliphatic heterocycles. The highest BCUT2D eigenvalue weighted by atomic mass is 35.5. The van der Waals surface area contributed by atoms with Crippen LogP contribution >= 0.6 is 11.6 Å². The van der Waals surface area contributed by atoms with Crippen LogP contribution in [-0.2, 0) is 23.6 Å². The van der Waals surface area contributed by atoms with Crippen molar-refractivity contribution >= 4 is 21.6 Å². The lowest BCUT2D eigenvalue weighted by Gasteiger charge is -2.20. The van der Waals surface area contributed by atoms with Gasteiger partial charge < -0.3 is 9.67 Å². The Hall–Kier alpha value is -1.41. The summed E-state index contributed by atoms with van der Waals surface area (Å²) in [5, 5.41) is 8.98. The molecule has 0 saturated carbocycles. The Morgan fingerprint density at radius 1 is 1.33 bits per heavy atom. The monoisotopic (exact) mass is 329 g/mol. The van der Waals surface area contributed by atoms with Gasteiger partial charge in [-0.3, -0.25) is 0 Å². The standard InChI is InChI=1S/C13H16ClN3O3S/c1-16-10-15-13(12(16)14)21(19,20)17(7-8-18)9-11-5-3-2-4-6-11/h2-6,10,18H,7-9H2,1H3. The molecule has 1 aromatic heterocycles. The maximum absolute atomic E-state index is 12.6. The first-order valence-corrected chi connectivity index (χ1v) is 8.10. The van der Waals surface area contributed by atoms with Crippen LogP contribution in [-0.4, -0.2) is 40.5 Å². The molecule has 6 nitrogen and oxygen atoms in total. The highest BCUT2D eigenvalue weighted by Gasteiger charge is 2.29. The molecule has 1 heterocycles. The molecule has 0 radical (unpaired) electrons. The topological polar surface area (TPSA) is 75.4 Å². The minimum atomic E-state index is -3.86. The summed E-state index contributed by atoms with van der Waals surface area (Å²) in [4.78, 5) is 3.85. The van der Waals surface area contributed by atoms with E-state index in [1.54, 1.807) is 7.05 Å². The Morgan fingerprint density at radius 2 is 2.00 bits per heavy atom. The number of hydrogen-bond acceptors (Lipinski definition) is 4. The van der Waals surface area contributed by atoms with Gasteiger partial charge in [-0.15, -0.1) is 0 Å². The Labute approximate surface area is 128 Å². The Morgan fingerprint density at radius 3 is 2.52 bits per heavy atom. The average molecular weight is 330 g/mol. The first kappa shape index (κ1) is 16.0. The van der Waals surface area contributed by atoms with E-state index in [2.05, 4.69) is 4.98 Å². The maximum Gasteiger partial charge on any atom is 0.264 e. The number of rotatable bonds is 6. The largest absolute Gasteiger partial charge is 0.395 e. The zero-order valence-electron chi connectivity index (χ0n) is 11.5. The quantitative estimate of drug-likeness (QED) is 0.865. The van der Waals surface area contributed by atoms with Crippen LogP contribution in [0.2, 0.25) is 5.15 Å². The normalized spacial score (nSPS) is 12.0. The van der Waals surface area contributed by atoms with Gasteiger partial charge in [0.2, 0.25) is 5.03 Å². The van der Waals surface area contributed by atoms with Crippen molar-refractivity contribution in [2.75, 3.05) is 13.2 Å². The molecule has 0 spiro atoms. The second-order valence-electron chi connectivity index (χ2n) is 4.50. The van der Waals surface area contributed by atoms with Gasteiger partial charge in [-0.05, 0) is 5.56 Å². The van der Waals surface area contributed by atoms with Crippen LogP contribution in [0.4, 0.5) is 0 Å². The van der Waals surface area contributed by atoms with Crippen LogP contribution in [0.25, 0.3) is 0 Å². The summed E-state index contributed by atoms with van der Waals surface area (Å²) in [6.07, 6.45) is 1.34. The van der Waals surface area contributed by atoms with E-state index in [9.17, 15) is 8.42 Å². The minimum Gasteiger partial charge on any atom is -0.395 e. The maximum atomic E-state index is 12.6. The van der Waals surface area contributed by atoms with Gasteiger partial charge in [0.15, 0.2) is 0 Å². The van der Waals surface area contributed by atoms with E-state index in [1.165, 1.54) is 10.9 Å². The molecule has 2 aromatic rings. The lowest BCUT2D eigenvalue weighted by Crippen LogP contribution is -2.33. The van der Waals surface area contributed by atoms with Crippen LogP contribution in [0.5, 0.6) is 0 Å². The lowest BCUT2D eigenvalue weighted by atomic mass is 10.2. The molecule has 21 heavy (non-hydrogen) atoms. The molecule has 1 N–H and O–H groups in total. The van der Waals surface area contributed by atoms with E-state index in [0.29, 0.717) is 0 Å². The fourth-order valence-corrected chi connectivity index (χ4v) is 3.68. The SMILES string of the molecule is Cn1cnc(S(=O)(=O)N(CCO)Cc2ccccc2)c1Cl. The van der Waals surface area contributed by atoms with Gasteiger partial charge in [0.1, 0.15) is 5.15 Å². The highest BCUT2D eigenvalue weighted by Crippen LogP contribution is 2.23. The average Bonchev–Trinajstić information content (AvgIpc) is 2.80. The summed E-state index contributed by atoms with van der Waals surface area (Å²) in [6.45, 7) is -0.155. The molecule has 0 aliphatic rings. The predicted molar refractivity (Wildman–Crippen MR) is 79.3 cm³/mol. The van der Waals surface area contributed by atoms with Gasteiger partial charge in [-0.25, -0.2) is 13.4 Å². The van der Waals surface area contributed by atoms with Crippen molar-refractivity contribution in [3.8, 4) is 0 Å². The van der Waals surface area contributed by atoms with Crippen LogP contribution in [0.15, 0.2) is 41.7 Å². The zero-order chi connectivity index (χ0) is 15.5. The van der Waals surface area contributed by atoms with Crippen molar-refractivity contribution in [3.63, 3.8) is 0 Å². The third kappa shape index (κ3) is 3.44. The van der Waals surface area contributed by atoms with Gasteiger partial charge in [-0.2, -0.15) is 4.31 Å². The predicted octanol–water partition coefficient (Wildman–Crippen LogP) is 1.26. The summed E-state index contributed by atoms with van der Waals surface area (Å²) < 4.78 is 27.8. The van der Waals surface area contributed by atoms with Gasteiger partial charge in [0.05, 0.1) is 12.9 Å². The number of aliphatic hydroxyl groups excluding tert-OH is 1. The van der Waals surface area contributed by atoms with Gasteiger partial charge in [0, 0.05) is 20.1 Å². The Kier molecular flexibility index (Phi) is 5.00. The third-order valence-corrected chi connectivity index (χ3v) is 5.31. The van der Waals surface area contributed by atoms with E-state index in [1.807, 2.05) is 30.3 Å². The molecule has 1 aromatic carbocycles. The van der Waals surface area contributed by atoms with Crippen molar-refractivity contribution < 1.29 is 13.5 Å². The molecular formula is C13H16ClN3O3S. The molecule has 0 bridgehead atoms. The number of aliphatic hydroxyl groups is 1. The van der Waals surface area contributed by atoms with E-state index in [4.69, 9.17) is 16.7 Å². The molecule has 0 fully saturated rings. The number of sulfonamides is 1. The van der Waals surface area contributed by atoms with Crippen LogP contribution < -0.4 is 0 Å². The molecular weight excluding hydrogens is 314 g/mol. The van der Waals surface area contributed by atoms with Crippen LogP contribution in [0, 0.1) is 0 Å². The highest BCUT2D eigenvalue weighted by molar-refractivity contribution is 7.89. The number of aryl methyl sites for hydroxylation is 1. The third-order valence-electron chi connectivity index (χ3n) is 2.97. The van der Waals surface area contributed by atoms with E-state index in [-0.39, 0.29) is 29.9 Å². The molecule has 0 amide bonds. The van der Waals surface area contributed by atoms with Crippen LogP contribution in [0.1, 0.15) is 5.56 Å². The molecule has 8 heteroatoms. The fourth-order valence-electron chi connectivity index (χ4n) is 1.87. The number of hydrogen-bond donors (Lipinski definition) is 1. The number of aromatic nitrogens is 2. The second kappa shape index (κ2) is 6.57. The Balaban J connectivity index is 2.35. The minimum absolute atomic E-state index is 0.0237. The zero-order valence-corrected chi connectivity index (χ0v) is 13.0. The van der Waals surface area contributed by atoms with E-state index >= 15 is 0 Å². The van der Waals surface area contributed by atoms with Gasteiger partial charge in [-0.1, -0.05) is 41.9 Å². The molecule has 0 aliphatic carbocycles. The fraction of sp³-hybridized carbons (Fsp3) is 0.308. The summed E-state index contributed by atoms with van der Waals surface area (Å²) in [6, 6.07) is 9.14. The van der Waals surface area contributed by atoms with Crippen molar-refractivity contribution in [2.45, 2.75) is 11.6 Å². The Bertz CT molecular complexity index is 701. The van der Waals surface area contributed by atoms with E-state index < -0.39 is 10.0 Å². The molecule has 0 unspecified atom stereocenters. The van der Waals surface area contributed by atoms with Gasteiger partial charge in [0.25, 0.3) is 10.0 Å². The molecule has 0 saturated heterocycles.